The molecule has 0 aliphatic rings. The van der Waals surface area contributed by atoms with Gasteiger partial charge in [-0.3, -0.25) is 0 Å². The average molecular weight is 720 g/mol. The van der Waals surface area contributed by atoms with E-state index in [0.717, 1.165) is 52.3 Å². The Morgan fingerprint density at radius 1 is 0.354 bits per heavy atom. The normalized spacial score (nSPS) is 11.8. The number of unbranched alkanes of at least 4 members (excludes halogenated alkanes) is 1. The van der Waals surface area contributed by atoms with Gasteiger partial charge in [-0.2, -0.15) is 0 Å². The summed E-state index contributed by atoms with van der Waals surface area (Å²) in [6.07, 6.45) is 5.51. The molecule has 0 N–H and O–H groups in total. The minimum Gasteiger partial charge on any atom is -0.379 e. The second-order valence-corrected chi connectivity index (χ2v) is 16.4. The fourth-order valence-electron chi connectivity index (χ4n) is 2.67. The molecule has 0 heterocycles. The first-order valence-corrected chi connectivity index (χ1v) is 18.7. The van der Waals surface area contributed by atoms with E-state index < -0.39 is 0 Å². The molecule has 0 saturated carbocycles. The lowest BCUT2D eigenvalue weighted by Gasteiger charge is -2.19. The highest BCUT2D eigenvalue weighted by Crippen LogP contribution is 2.09. The van der Waals surface area contributed by atoms with Gasteiger partial charge in [-0.05, 0) is 136 Å². The van der Waals surface area contributed by atoms with Crippen molar-refractivity contribution >= 4 is 11.6 Å². The van der Waals surface area contributed by atoms with Crippen LogP contribution in [0.25, 0.3) is 0 Å². The third-order valence-electron chi connectivity index (χ3n) is 4.65. The summed E-state index contributed by atoms with van der Waals surface area (Å²) in [6, 6.07) is 0. The van der Waals surface area contributed by atoms with Crippen LogP contribution in [0.1, 0.15) is 171 Å². The van der Waals surface area contributed by atoms with Crippen molar-refractivity contribution in [2.45, 2.75) is 199 Å². The largest absolute Gasteiger partial charge is 0.379 e. The molecule has 0 aromatic heterocycles. The second-order valence-electron chi connectivity index (χ2n) is 16.0. The molecule has 300 valence electrons. The van der Waals surface area contributed by atoms with Crippen molar-refractivity contribution < 1.29 is 33.2 Å². The lowest BCUT2D eigenvalue weighted by atomic mass is 10.2. The summed E-state index contributed by atoms with van der Waals surface area (Å²) in [7, 11) is 0. The smallest absolute Gasteiger partial charge is 0.0707 e. The van der Waals surface area contributed by atoms with Gasteiger partial charge in [-0.1, -0.05) is 34.6 Å². The molecule has 0 aliphatic heterocycles. The Kier molecular flexibility index (Phi) is 46.1. The van der Waals surface area contributed by atoms with E-state index in [-0.39, 0.29) is 35.4 Å². The van der Waals surface area contributed by atoms with Crippen molar-refractivity contribution in [1.29, 1.82) is 0 Å². The Bertz CT molecular complexity index is 561. The van der Waals surface area contributed by atoms with Crippen molar-refractivity contribution in [2.75, 3.05) is 65.3 Å². The van der Waals surface area contributed by atoms with E-state index in [0.29, 0.717) is 32.3 Å². The summed E-state index contributed by atoms with van der Waals surface area (Å²) >= 11 is 5.45. The predicted molar refractivity (Wildman–Crippen MR) is 213 cm³/mol. The molecular formula is C40H91ClO7. The van der Waals surface area contributed by atoms with E-state index in [4.69, 9.17) is 44.8 Å². The summed E-state index contributed by atoms with van der Waals surface area (Å²) < 4.78 is 37.5. The van der Waals surface area contributed by atoms with Crippen LogP contribution >= 0.6 is 11.6 Å². The van der Waals surface area contributed by atoms with Gasteiger partial charge in [-0.25, -0.2) is 0 Å². The van der Waals surface area contributed by atoms with E-state index in [9.17, 15) is 0 Å². The minimum atomic E-state index is -0.0674. The van der Waals surface area contributed by atoms with Gasteiger partial charge in [0, 0.05) is 38.9 Å². The Morgan fingerprint density at radius 2 is 0.667 bits per heavy atom. The van der Waals surface area contributed by atoms with Crippen LogP contribution in [0.5, 0.6) is 0 Å². The van der Waals surface area contributed by atoms with Gasteiger partial charge in [0.2, 0.25) is 0 Å². The fraction of sp³-hybridized carbons (Fsp3) is 1.00. The van der Waals surface area contributed by atoms with Gasteiger partial charge >= 0.3 is 0 Å². The van der Waals surface area contributed by atoms with E-state index >= 15 is 0 Å². The van der Waals surface area contributed by atoms with Crippen LogP contribution in [0, 0.1) is 0 Å². The molecule has 0 rings (SSSR count). The van der Waals surface area contributed by atoms with Crippen LogP contribution in [0.2, 0.25) is 0 Å². The molecule has 0 radical (unpaired) electrons. The molecule has 0 aliphatic carbocycles. The molecule has 0 atom stereocenters. The van der Waals surface area contributed by atoms with Crippen molar-refractivity contribution in [3.63, 3.8) is 0 Å². The van der Waals surface area contributed by atoms with Crippen LogP contribution < -0.4 is 0 Å². The van der Waals surface area contributed by atoms with Gasteiger partial charge in [-0.15, -0.1) is 11.6 Å². The third kappa shape index (κ3) is 91.0. The molecule has 8 heteroatoms. The highest BCUT2D eigenvalue weighted by Gasteiger charge is 2.10. The van der Waals surface area contributed by atoms with Crippen molar-refractivity contribution in [1.82, 2.24) is 0 Å². The van der Waals surface area contributed by atoms with Crippen LogP contribution in [-0.4, -0.2) is 93.3 Å². The Balaban J connectivity index is -0.000000117. The zero-order chi connectivity index (χ0) is 38.1. The topological polar surface area (TPSA) is 64.6 Å². The Labute approximate surface area is 308 Å². The maximum Gasteiger partial charge on any atom is 0.0707 e. The molecule has 0 aromatic carbocycles. The van der Waals surface area contributed by atoms with Gasteiger partial charge in [0.25, 0.3) is 0 Å². The number of ether oxygens (including phenoxy) is 7. The monoisotopic (exact) mass is 719 g/mol. The Morgan fingerprint density at radius 3 is 0.938 bits per heavy atom. The number of alkyl halides is 1. The highest BCUT2D eigenvalue weighted by molar-refractivity contribution is 6.17. The lowest BCUT2D eigenvalue weighted by Crippen LogP contribution is -2.22. The number of halogens is 1. The van der Waals surface area contributed by atoms with Crippen LogP contribution in [0.4, 0.5) is 0 Å². The standard InChI is InChI=1S/C11H24O3.C8H18O.C7H15ClO.C7H16O.C6H14O.CH4/c1-5-6-12-7-8-13-9-10-14-11(2,3)4;1-5-6-7-9-8(2,3)4;1-7(2,3)9-6-4-5-8;1-5-6-8-7(2,3)4;1-5-7-6(2,3)4;/h5-10H2,1-4H3;5-7H2,1-4H3;4-6H2,1-3H3;5-6H2,1-4H3;5H2,1-4H3;1H4. The molecule has 0 spiro atoms. The number of hydrogen-bond acceptors (Lipinski definition) is 7. The average Bonchev–Trinajstić information content (AvgIpc) is 2.88. The van der Waals surface area contributed by atoms with Gasteiger partial charge in [0.1, 0.15) is 0 Å². The Hall–Kier alpha value is 0.01000. The van der Waals surface area contributed by atoms with E-state index in [1.54, 1.807) is 0 Å². The minimum absolute atomic E-state index is 0. The predicted octanol–water partition coefficient (Wildman–Crippen LogP) is 11.9. The quantitative estimate of drug-likeness (QED) is 0.110. The first-order valence-electron chi connectivity index (χ1n) is 18.2. The zero-order valence-corrected chi connectivity index (χ0v) is 36.1. The molecule has 0 fully saturated rings. The maximum atomic E-state index is 5.49. The van der Waals surface area contributed by atoms with Crippen molar-refractivity contribution in [3.8, 4) is 0 Å². The molecular weight excluding hydrogens is 628 g/mol. The summed E-state index contributed by atoms with van der Waals surface area (Å²) in [4.78, 5) is 0. The SMILES string of the molecule is C.CC(C)(C)OCCCCl.CCCCOC(C)(C)C.CCCOC(C)(C)C.CCCOCCOCCOC(C)(C)C.CCOC(C)(C)C. The maximum absolute atomic E-state index is 5.49. The summed E-state index contributed by atoms with van der Waals surface area (Å²) in [5.74, 6) is 0.691. The second kappa shape index (κ2) is 36.8. The molecule has 0 saturated heterocycles. The third-order valence-corrected chi connectivity index (χ3v) is 4.91. The first kappa shape index (κ1) is 60.1. The van der Waals surface area contributed by atoms with Crippen LogP contribution in [-0.2, 0) is 33.2 Å². The van der Waals surface area contributed by atoms with Crippen LogP contribution in [0.15, 0.2) is 0 Å². The number of rotatable bonds is 17. The summed E-state index contributed by atoms with van der Waals surface area (Å²) in [5.41, 5.74) is 0.0774. The highest BCUT2D eigenvalue weighted by atomic mass is 35.5. The molecule has 0 amide bonds. The molecule has 0 aromatic rings. The first-order chi connectivity index (χ1) is 21.3. The zero-order valence-electron chi connectivity index (χ0n) is 35.3. The fourth-order valence-corrected chi connectivity index (χ4v) is 2.78. The van der Waals surface area contributed by atoms with Gasteiger partial charge in [0.15, 0.2) is 0 Å². The molecule has 7 nitrogen and oxygen atoms in total. The lowest BCUT2D eigenvalue weighted by molar-refractivity contribution is -0.0424. The summed E-state index contributed by atoms with van der Waals surface area (Å²) in [5, 5.41) is 0. The number of hydrogen-bond donors (Lipinski definition) is 0. The molecule has 0 bridgehead atoms. The van der Waals surface area contributed by atoms with E-state index in [1.807, 2.05) is 48.5 Å². The van der Waals surface area contributed by atoms with Crippen molar-refractivity contribution in [2.24, 2.45) is 0 Å². The van der Waals surface area contributed by atoms with E-state index in [1.165, 1.54) is 12.8 Å². The van der Waals surface area contributed by atoms with Gasteiger partial charge in [0.05, 0.1) is 54.4 Å². The van der Waals surface area contributed by atoms with Crippen molar-refractivity contribution in [3.05, 3.63) is 0 Å². The molecule has 48 heavy (non-hydrogen) atoms. The van der Waals surface area contributed by atoms with E-state index in [2.05, 4.69) is 83.1 Å². The van der Waals surface area contributed by atoms with Gasteiger partial charge < -0.3 is 33.2 Å². The molecule has 0 unspecified atom stereocenters. The van der Waals surface area contributed by atoms with Crippen LogP contribution in [0.3, 0.4) is 0 Å². The summed E-state index contributed by atoms with van der Waals surface area (Å²) in [6.45, 7) is 46.1.